The Hall–Kier alpha value is -0.700. The van der Waals surface area contributed by atoms with Crippen LogP contribution in [0.25, 0.3) is 0 Å². The third kappa shape index (κ3) is 1.72. The second-order valence-electron chi connectivity index (χ2n) is 4.03. The number of hydrogen-bond acceptors (Lipinski definition) is 0. The van der Waals surface area contributed by atoms with Gasteiger partial charge in [0, 0.05) is 6.42 Å². The minimum Gasteiger partial charge on any atom is -0.120 e. The first-order chi connectivity index (χ1) is 5.66. The highest BCUT2D eigenvalue weighted by Gasteiger charge is 2.30. The average Bonchev–Trinajstić information content (AvgIpc) is 2.34. The number of rotatable bonds is 2. The van der Waals surface area contributed by atoms with Crippen molar-refractivity contribution in [2.45, 2.75) is 33.1 Å². The zero-order chi connectivity index (χ0) is 9.14. The molecule has 0 aromatic carbocycles. The molecule has 1 saturated carbocycles. The van der Waals surface area contributed by atoms with E-state index in [0.29, 0.717) is 11.8 Å². The fourth-order valence-electron chi connectivity index (χ4n) is 2.25. The number of allylic oxidation sites excluding steroid dienone is 1. The van der Waals surface area contributed by atoms with Crippen molar-refractivity contribution in [2.24, 2.45) is 17.8 Å². The molecule has 0 amide bonds. The molecule has 0 radical (unpaired) electrons. The van der Waals surface area contributed by atoms with E-state index < -0.39 is 0 Å². The van der Waals surface area contributed by atoms with Crippen LogP contribution in [0.4, 0.5) is 0 Å². The van der Waals surface area contributed by atoms with Crippen LogP contribution in [-0.4, -0.2) is 0 Å². The Labute approximate surface area is 76.1 Å². The van der Waals surface area contributed by atoms with Crippen molar-refractivity contribution < 1.29 is 0 Å². The van der Waals surface area contributed by atoms with Gasteiger partial charge in [-0.1, -0.05) is 26.0 Å². The van der Waals surface area contributed by atoms with Crippen molar-refractivity contribution in [1.29, 1.82) is 0 Å². The van der Waals surface area contributed by atoms with Crippen molar-refractivity contribution in [1.82, 2.24) is 0 Å². The first-order valence-electron chi connectivity index (χ1n) is 4.78. The molecule has 1 fully saturated rings. The summed E-state index contributed by atoms with van der Waals surface area (Å²) in [5.74, 6) is 4.89. The van der Waals surface area contributed by atoms with Crippen molar-refractivity contribution >= 4 is 0 Å². The molecule has 0 spiro atoms. The topological polar surface area (TPSA) is 0 Å². The summed E-state index contributed by atoms with van der Waals surface area (Å²) in [6.07, 6.45) is 8.73. The smallest absolute Gasteiger partial charge is 0.0115 e. The molecular weight excluding hydrogens is 144 g/mol. The summed E-state index contributed by atoms with van der Waals surface area (Å²) >= 11 is 0. The fourth-order valence-corrected chi connectivity index (χ4v) is 2.25. The van der Waals surface area contributed by atoms with E-state index in [1.807, 2.05) is 0 Å². The monoisotopic (exact) mass is 162 g/mol. The van der Waals surface area contributed by atoms with Gasteiger partial charge < -0.3 is 0 Å². The van der Waals surface area contributed by atoms with Crippen molar-refractivity contribution in [3.8, 4) is 12.3 Å². The average molecular weight is 162 g/mol. The normalized spacial score (nSPS) is 31.6. The Kier molecular flexibility index (Phi) is 2.98. The van der Waals surface area contributed by atoms with Crippen LogP contribution in [0.15, 0.2) is 12.2 Å². The Morgan fingerprint density at radius 3 is 2.83 bits per heavy atom. The van der Waals surface area contributed by atoms with Crippen LogP contribution in [0.2, 0.25) is 0 Å². The summed E-state index contributed by atoms with van der Waals surface area (Å²) < 4.78 is 0. The zero-order valence-electron chi connectivity index (χ0n) is 8.14. The van der Waals surface area contributed by atoms with Gasteiger partial charge >= 0.3 is 0 Å². The molecule has 3 unspecified atom stereocenters. The Bertz CT molecular complexity index is 207. The summed E-state index contributed by atoms with van der Waals surface area (Å²) in [6.45, 7) is 8.62. The van der Waals surface area contributed by atoms with Gasteiger partial charge in [-0.3, -0.25) is 0 Å². The van der Waals surface area contributed by atoms with E-state index >= 15 is 0 Å². The summed E-state index contributed by atoms with van der Waals surface area (Å²) in [4.78, 5) is 0. The maximum absolute atomic E-state index is 5.30. The van der Waals surface area contributed by atoms with E-state index in [4.69, 9.17) is 6.42 Å². The molecule has 1 aliphatic carbocycles. The molecule has 3 atom stereocenters. The van der Waals surface area contributed by atoms with Gasteiger partial charge in [0.25, 0.3) is 0 Å². The molecular formula is C12H18. The lowest BCUT2D eigenvalue weighted by molar-refractivity contribution is 0.315. The second-order valence-corrected chi connectivity index (χ2v) is 4.03. The molecule has 0 heteroatoms. The summed E-state index contributed by atoms with van der Waals surface area (Å²) in [6, 6.07) is 0. The summed E-state index contributed by atoms with van der Waals surface area (Å²) in [5, 5.41) is 0. The fraction of sp³-hybridized carbons (Fsp3) is 0.667. The predicted octanol–water partition coefficient (Wildman–Crippen LogP) is 3.25. The minimum atomic E-state index is 0.671. The van der Waals surface area contributed by atoms with Crippen LogP contribution in [0.1, 0.15) is 33.1 Å². The van der Waals surface area contributed by atoms with E-state index in [1.165, 1.54) is 18.4 Å². The van der Waals surface area contributed by atoms with Gasteiger partial charge in [0.1, 0.15) is 0 Å². The standard InChI is InChI=1S/C12H18/c1-5-6-10(3)12-8-7-9(2)11(12)4/h1,10-12H,2,6-8H2,3-4H3. The summed E-state index contributed by atoms with van der Waals surface area (Å²) in [5.41, 5.74) is 1.42. The van der Waals surface area contributed by atoms with Crippen molar-refractivity contribution in [3.05, 3.63) is 12.2 Å². The lowest BCUT2D eigenvalue weighted by Crippen LogP contribution is -2.14. The first kappa shape index (κ1) is 9.39. The van der Waals surface area contributed by atoms with E-state index in [9.17, 15) is 0 Å². The largest absolute Gasteiger partial charge is 0.120 e. The Balaban J connectivity index is 2.54. The van der Waals surface area contributed by atoms with Crippen LogP contribution in [-0.2, 0) is 0 Å². The molecule has 0 aliphatic heterocycles. The molecule has 0 nitrogen and oxygen atoms in total. The first-order valence-corrected chi connectivity index (χ1v) is 4.78. The van der Waals surface area contributed by atoms with Crippen LogP contribution in [0.3, 0.4) is 0 Å². The van der Waals surface area contributed by atoms with E-state index in [1.54, 1.807) is 0 Å². The lowest BCUT2D eigenvalue weighted by Gasteiger charge is -2.21. The van der Waals surface area contributed by atoms with Gasteiger partial charge in [0.2, 0.25) is 0 Å². The molecule has 1 rings (SSSR count). The third-order valence-electron chi connectivity index (χ3n) is 3.26. The molecule has 0 aromatic heterocycles. The molecule has 0 N–H and O–H groups in total. The zero-order valence-corrected chi connectivity index (χ0v) is 8.14. The highest BCUT2D eigenvalue weighted by molar-refractivity contribution is 5.08. The number of terminal acetylenes is 1. The van der Waals surface area contributed by atoms with Gasteiger partial charge in [-0.15, -0.1) is 12.3 Å². The Morgan fingerprint density at radius 1 is 1.75 bits per heavy atom. The minimum absolute atomic E-state index is 0.671. The molecule has 0 heterocycles. The van der Waals surface area contributed by atoms with Crippen molar-refractivity contribution in [3.63, 3.8) is 0 Å². The predicted molar refractivity (Wildman–Crippen MR) is 53.6 cm³/mol. The Morgan fingerprint density at radius 2 is 2.42 bits per heavy atom. The maximum Gasteiger partial charge on any atom is 0.0115 e. The maximum atomic E-state index is 5.30. The van der Waals surface area contributed by atoms with Gasteiger partial charge in [-0.25, -0.2) is 0 Å². The van der Waals surface area contributed by atoms with Gasteiger partial charge in [-0.2, -0.15) is 0 Å². The van der Waals surface area contributed by atoms with E-state index in [0.717, 1.165) is 12.3 Å². The number of hydrogen-bond donors (Lipinski definition) is 0. The summed E-state index contributed by atoms with van der Waals surface area (Å²) in [7, 11) is 0. The second kappa shape index (κ2) is 3.81. The van der Waals surface area contributed by atoms with Gasteiger partial charge in [0.15, 0.2) is 0 Å². The molecule has 12 heavy (non-hydrogen) atoms. The van der Waals surface area contributed by atoms with Crippen LogP contribution in [0.5, 0.6) is 0 Å². The van der Waals surface area contributed by atoms with Crippen molar-refractivity contribution in [2.75, 3.05) is 0 Å². The lowest BCUT2D eigenvalue weighted by atomic mass is 9.83. The van der Waals surface area contributed by atoms with Crippen LogP contribution >= 0.6 is 0 Å². The molecule has 0 aromatic rings. The molecule has 0 bridgehead atoms. The third-order valence-corrected chi connectivity index (χ3v) is 3.26. The van der Waals surface area contributed by atoms with Gasteiger partial charge in [0.05, 0.1) is 0 Å². The molecule has 66 valence electrons. The van der Waals surface area contributed by atoms with E-state index in [-0.39, 0.29) is 0 Å². The van der Waals surface area contributed by atoms with Gasteiger partial charge in [-0.05, 0) is 30.6 Å². The quantitative estimate of drug-likeness (QED) is 0.432. The molecule has 1 aliphatic rings. The highest BCUT2D eigenvalue weighted by Crippen LogP contribution is 2.40. The van der Waals surface area contributed by atoms with Crippen LogP contribution < -0.4 is 0 Å². The molecule has 0 saturated heterocycles. The highest BCUT2D eigenvalue weighted by atomic mass is 14.3. The van der Waals surface area contributed by atoms with E-state index in [2.05, 4.69) is 26.3 Å². The SMILES string of the molecule is C#CCC(C)C1CCC(=C)C1C. The van der Waals surface area contributed by atoms with Crippen LogP contribution in [0, 0.1) is 30.1 Å².